The SMILES string of the molecule is CCC1(O)CN(C(=O)Nc2ccccc2Cl)C1. The number of hydrogen-bond acceptors (Lipinski definition) is 2. The molecule has 0 aromatic heterocycles. The highest BCUT2D eigenvalue weighted by Crippen LogP contribution is 2.26. The first kappa shape index (κ1) is 12.2. The molecule has 0 atom stereocenters. The molecule has 1 aliphatic rings. The first-order chi connectivity index (χ1) is 8.04. The quantitative estimate of drug-likeness (QED) is 0.851. The fourth-order valence-electron chi connectivity index (χ4n) is 1.79. The number of nitrogens with one attached hydrogen (secondary N) is 1. The van der Waals surface area contributed by atoms with Crippen LogP contribution in [-0.2, 0) is 0 Å². The third-order valence-corrected chi connectivity index (χ3v) is 3.36. The van der Waals surface area contributed by atoms with Crippen LogP contribution < -0.4 is 5.32 Å². The van der Waals surface area contributed by atoms with E-state index in [1.807, 2.05) is 6.92 Å². The molecule has 4 nitrogen and oxygen atoms in total. The molecule has 1 aromatic rings. The van der Waals surface area contributed by atoms with E-state index in [1.165, 1.54) is 0 Å². The Morgan fingerprint density at radius 3 is 2.76 bits per heavy atom. The molecule has 5 heteroatoms. The fraction of sp³-hybridized carbons (Fsp3) is 0.417. The number of rotatable bonds is 2. The summed E-state index contributed by atoms with van der Waals surface area (Å²) in [6.07, 6.45) is 0.656. The fourth-order valence-corrected chi connectivity index (χ4v) is 1.97. The zero-order valence-electron chi connectivity index (χ0n) is 9.61. The van der Waals surface area contributed by atoms with Crippen molar-refractivity contribution in [3.63, 3.8) is 0 Å². The molecule has 92 valence electrons. The van der Waals surface area contributed by atoms with E-state index in [4.69, 9.17) is 11.6 Å². The lowest BCUT2D eigenvalue weighted by molar-refractivity contribution is -0.0755. The molecular weight excluding hydrogens is 240 g/mol. The van der Waals surface area contributed by atoms with E-state index in [1.54, 1.807) is 29.2 Å². The smallest absolute Gasteiger partial charge is 0.322 e. The zero-order chi connectivity index (χ0) is 12.5. The zero-order valence-corrected chi connectivity index (χ0v) is 10.4. The van der Waals surface area contributed by atoms with Gasteiger partial charge in [0, 0.05) is 0 Å². The number of halogens is 1. The highest BCUT2D eigenvalue weighted by molar-refractivity contribution is 6.33. The number of carbonyl (C=O) groups is 1. The summed E-state index contributed by atoms with van der Waals surface area (Å²) in [6, 6.07) is 6.84. The number of anilines is 1. The van der Waals surface area contributed by atoms with Gasteiger partial charge in [0.15, 0.2) is 0 Å². The molecule has 1 aliphatic heterocycles. The average Bonchev–Trinajstić information content (AvgIpc) is 2.28. The number of urea groups is 1. The summed E-state index contributed by atoms with van der Waals surface area (Å²) in [6.45, 7) is 2.66. The second kappa shape index (κ2) is 4.55. The summed E-state index contributed by atoms with van der Waals surface area (Å²) in [5.41, 5.74) is -0.122. The molecule has 0 saturated carbocycles. The van der Waals surface area contributed by atoms with Crippen LogP contribution in [0.4, 0.5) is 10.5 Å². The van der Waals surface area contributed by atoms with E-state index in [0.29, 0.717) is 30.2 Å². The number of hydrogen-bond donors (Lipinski definition) is 2. The van der Waals surface area contributed by atoms with Crippen LogP contribution in [0.2, 0.25) is 5.02 Å². The van der Waals surface area contributed by atoms with Crippen molar-refractivity contribution < 1.29 is 9.90 Å². The molecule has 1 heterocycles. The first-order valence-electron chi connectivity index (χ1n) is 5.57. The Balaban J connectivity index is 1.94. The van der Waals surface area contributed by atoms with E-state index in [-0.39, 0.29) is 6.03 Å². The average molecular weight is 255 g/mol. The maximum Gasteiger partial charge on any atom is 0.322 e. The Morgan fingerprint density at radius 1 is 1.53 bits per heavy atom. The minimum atomic E-state index is -0.710. The van der Waals surface area contributed by atoms with Crippen molar-refractivity contribution in [1.82, 2.24) is 4.90 Å². The van der Waals surface area contributed by atoms with Gasteiger partial charge in [-0.25, -0.2) is 4.79 Å². The van der Waals surface area contributed by atoms with Crippen LogP contribution in [0.1, 0.15) is 13.3 Å². The van der Waals surface area contributed by atoms with Crippen LogP contribution in [0.25, 0.3) is 0 Å². The van der Waals surface area contributed by atoms with E-state index in [9.17, 15) is 9.90 Å². The van der Waals surface area contributed by atoms with Gasteiger partial charge < -0.3 is 15.3 Å². The number of carbonyl (C=O) groups excluding carboxylic acids is 1. The van der Waals surface area contributed by atoms with Crippen molar-refractivity contribution in [2.45, 2.75) is 18.9 Å². The lowest BCUT2D eigenvalue weighted by atomic mass is 9.92. The minimum absolute atomic E-state index is 0.226. The Morgan fingerprint density at radius 2 is 2.18 bits per heavy atom. The molecule has 0 radical (unpaired) electrons. The summed E-state index contributed by atoms with van der Waals surface area (Å²) in [5.74, 6) is 0. The maximum absolute atomic E-state index is 11.8. The third-order valence-electron chi connectivity index (χ3n) is 3.03. The van der Waals surface area contributed by atoms with Gasteiger partial charge in [0.25, 0.3) is 0 Å². The number of aliphatic hydroxyl groups is 1. The van der Waals surface area contributed by atoms with Gasteiger partial charge in [-0.3, -0.25) is 0 Å². The van der Waals surface area contributed by atoms with Gasteiger partial charge >= 0.3 is 6.03 Å². The molecule has 1 aromatic carbocycles. The second-order valence-electron chi connectivity index (χ2n) is 4.34. The molecule has 1 saturated heterocycles. The molecule has 1 fully saturated rings. The van der Waals surface area contributed by atoms with Gasteiger partial charge in [-0.05, 0) is 18.6 Å². The standard InChI is InChI=1S/C12H15ClN2O2/c1-2-12(17)7-15(8-12)11(16)14-10-6-4-3-5-9(10)13/h3-6,17H,2,7-8H2,1H3,(H,14,16). The van der Waals surface area contributed by atoms with Crippen LogP contribution in [0.15, 0.2) is 24.3 Å². The van der Waals surface area contributed by atoms with Crippen molar-refractivity contribution in [3.8, 4) is 0 Å². The van der Waals surface area contributed by atoms with Crippen molar-refractivity contribution >= 4 is 23.3 Å². The number of nitrogens with zero attached hydrogens (tertiary/aromatic N) is 1. The van der Waals surface area contributed by atoms with E-state index < -0.39 is 5.60 Å². The van der Waals surface area contributed by atoms with Crippen LogP contribution in [0.5, 0.6) is 0 Å². The normalized spacial score (nSPS) is 17.5. The van der Waals surface area contributed by atoms with E-state index >= 15 is 0 Å². The number of likely N-dealkylation sites (tertiary alicyclic amines) is 1. The van der Waals surface area contributed by atoms with E-state index in [0.717, 1.165) is 0 Å². The van der Waals surface area contributed by atoms with Gasteiger partial charge in [-0.1, -0.05) is 30.7 Å². The highest BCUT2D eigenvalue weighted by atomic mass is 35.5. The summed E-state index contributed by atoms with van der Waals surface area (Å²) in [4.78, 5) is 13.4. The molecule has 0 aliphatic carbocycles. The number of amides is 2. The molecule has 0 unspecified atom stereocenters. The summed E-state index contributed by atoms with van der Waals surface area (Å²) >= 11 is 5.93. The maximum atomic E-state index is 11.8. The van der Waals surface area contributed by atoms with Crippen molar-refractivity contribution in [3.05, 3.63) is 29.3 Å². The topological polar surface area (TPSA) is 52.6 Å². The summed E-state index contributed by atoms with van der Waals surface area (Å²) < 4.78 is 0. The predicted molar refractivity (Wildman–Crippen MR) is 67.3 cm³/mol. The molecule has 2 amide bonds. The molecule has 2 N–H and O–H groups in total. The molecular formula is C12H15ClN2O2. The van der Waals surface area contributed by atoms with Crippen molar-refractivity contribution in [2.75, 3.05) is 18.4 Å². The summed E-state index contributed by atoms with van der Waals surface area (Å²) in [7, 11) is 0. The van der Waals surface area contributed by atoms with Crippen molar-refractivity contribution in [1.29, 1.82) is 0 Å². The van der Waals surface area contributed by atoms with Gasteiger partial charge in [0.2, 0.25) is 0 Å². The van der Waals surface area contributed by atoms with Gasteiger partial charge in [0.1, 0.15) is 0 Å². The van der Waals surface area contributed by atoms with Gasteiger partial charge in [-0.15, -0.1) is 0 Å². The van der Waals surface area contributed by atoms with Gasteiger partial charge in [0.05, 0.1) is 29.4 Å². The number of para-hydroxylation sites is 1. The number of β-amino-alcohol motifs (C(OH)–C–C–N with tert-alkyl or cyclic N) is 1. The summed E-state index contributed by atoms with van der Waals surface area (Å²) in [5, 5.41) is 13.0. The van der Waals surface area contributed by atoms with E-state index in [2.05, 4.69) is 5.32 Å². The minimum Gasteiger partial charge on any atom is -0.386 e. The molecule has 17 heavy (non-hydrogen) atoms. The van der Waals surface area contributed by atoms with Crippen LogP contribution in [0, 0.1) is 0 Å². The Bertz CT molecular complexity index is 430. The third kappa shape index (κ3) is 2.53. The molecule has 0 bridgehead atoms. The molecule has 2 rings (SSSR count). The van der Waals surface area contributed by atoms with Crippen molar-refractivity contribution in [2.24, 2.45) is 0 Å². The predicted octanol–water partition coefficient (Wildman–Crippen LogP) is 2.33. The lowest BCUT2D eigenvalue weighted by Crippen LogP contribution is -2.63. The molecule has 0 spiro atoms. The first-order valence-corrected chi connectivity index (χ1v) is 5.95. The van der Waals surface area contributed by atoms with Crippen LogP contribution in [0.3, 0.4) is 0 Å². The second-order valence-corrected chi connectivity index (χ2v) is 4.75. The Labute approximate surface area is 105 Å². The largest absolute Gasteiger partial charge is 0.386 e. The Kier molecular flexibility index (Phi) is 3.26. The van der Waals surface area contributed by atoms with Crippen LogP contribution in [-0.4, -0.2) is 34.7 Å². The number of benzene rings is 1. The Hall–Kier alpha value is -1.26. The van der Waals surface area contributed by atoms with Gasteiger partial charge in [-0.2, -0.15) is 0 Å². The monoisotopic (exact) mass is 254 g/mol. The lowest BCUT2D eigenvalue weighted by Gasteiger charge is -2.45. The van der Waals surface area contributed by atoms with Crippen LogP contribution >= 0.6 is 11.6 Å². The highest BCUT2D eigenvalue weighted by Gasteiger charge is 2.42.